The third kappa shape index (κ3) is 1.63. The minimum absolute atomic E-state index is 0.448. The van der Waals surface area contributed by atoms with Crippen molar-refractivity contribution >= 4 is 5.69 Å². The van der Waals surface area contributed by atoms with Gasteiger partial charge in [-0.15, -0.1) is 0 Å². The molecule has 0 saturated heterocycles. The third-order valence-electron chi connectivity index (χ3n) is 2.74. The lowest BCUT2D eigenvalue weighted by atomic mass is 10.3. The molecule has 0 radical (unpaired) electrons. The zero-order valence-electron chi connectivity index (χ0n) is 9.46. The zero-order valence-corrected chi connectivity index (χ0v) is 9.46. The van der Waals surface area contributed by atoms with Gasteiger partial charge in [-0.25, -0.2) is 0 Å². The van der Waals surface area contributed by atoms with E-state index in [1.54, 1.807) is 0 Å². The van der Waals surface area contributed by atoms with Gasteiger partial charge in [0.05, 0.1) is 17.1 Å². The van der Waals surface area contributed by atoms with E-state index in [1.165, 1.54) is 24.2 Å². The molecule has 1 fully saturated rings. The Balaban J connectivity index is 2.28. The third-order valence-corrected chi connectivity index (χ3v) is 2.74. The van der Waals surface area contributed by atoms with Gasteiger partial charge in [0.2, 0.25) is 0 Å². The van der Waals surface area contributed by atoms with Gasteiger partial charge in [-0.1, -0.05) is 0 Å². The summed E-state index contributed by atoms with van der Waals surface area (Å²) in [6.45, 7) is 8.56. The van der Waals surface area contributed by atoms with Gasteiger partial charge in [-0.2, -0.15) is 5.10 Å². The summed E-state index contributed by atoms with van der Waals surface area (Å²) in [5.74, 6) is 0. The van der Waals surface area contributed by atoms with Gasteiger partial charge in [0.25, 0.3) is 0 Å². The quantitative estimate of drug-likeness (QED) is 0.799. The number of rotatable bonds is 3. The number of nitrogens with one attached hydrogen (secondary N) is 1. The summed E-state index contributed by atoms with van der Waals surface area (Å²) in [7, 11) is 0. The molecule has 1 aromatic rings. The van der Waals surface area contributed by atoms with Crippen LogP contribution in [-0.4, -0.2) is 15.8 Å². The predicted molar refractivity (Wildman–Crippen MR) is 58.7 cm³/mol. The van der Waals surface area contributed by atoms with Crippen LogP contribution in [0.3, 0.4) is 0 Å². The Labute approximate surface area is 85.5 Å². The largest absolute Gasteiger partial charge is 0.379 e. The monoisotopic (exact) mass is 193 g/mol. The van der Waals surface area contributed by atoms with E-state index in [0.29, 0.717) is 12.1 Å². The summed E-state index contributed by atoms with van der Waals surface area (Å²) in [5.41, 5.74) is 3.65. The number of aryl methyl sites for hydroxylation is 1. The number of nitrogens with zero attached hydrogens (tertiary/aromatic N) is 2. The summed E-state index contributed by atoms with van der Waals surface area (Å²) in [6, 6.07) is 1.15. The van der Waals surface area contributed by atoms with Crippen LogP contribution in [0.4, 0.5) is 5.69 Å². The number of hydrogen-bond acceptors (Lipinski definition) is 2. The van der Waals surface area contributed by atoms with Gasteiger partial charge in [-0.05, 0) is 40.5 Å². The average molecular weight is 193 g/mol. The first-order valence-electron chi connectivity index (χ1n) is 5.42. The van der Waals surface area contributed by atoms with Crippen LogP contribution in [0.2, 0.25) is 0 Å². The highest BCUT2D eigenvalue weighted by Crippen LogP contribution is 2.29. The van der Waals surface area contributed by atoms with Crippen molar-refractivity contribution in [3.8, 4) is 0 Å². The smallest absolute Gasteiger partial charge is 0.0828 e. The second kappa shape index (κ2) is 3.30. The molecule has 1 N–H and O–H groups in total. The van der Waals surface area contributed by atoms with Gasteiger partial charge < -0.3 is 5.32 Å². The lowest BCUT2D eigenvalue weighted by molar-refractivity contribution is 0.516. The molecule has 1 aliphatic rings. The molecule has 1 aromatic heterocycles. The highest BCUT2D eigenvalue weighted by Gasteiger charge is 2.24. The van der Waals surface area contributed by atoms with Crippen molar-refractivity contribution in [1.29, 1.82) is 0 Å². The first-order valence-corrected chi connectivity index (χ1v) is 5.42. The first-order chi connectivity index (χ1) is 6.59. The van der Waals surface area contributed by atoms with Crippen molar-refractivity contribution < 1.29 is 0 Å². The summed E-state index contributed by atoms with van der Waals surface area (Å²) < 4.78 is 2.10. The SMILES string of the molecule is Cc1nn(C(C)C)c(C)c1NC1CC1. The van der Waals surface area contributed by atoms with Crippen LogP contribution in [0.5, 0.6) is 0 Å². The fourth-order valence-corrected chi connectivity index (χ4v) is 1.81. The number of anilines is 1. The normalized spacial score (nSPS) is 16.4. The predicted octanol–water partition coefficient (Wildman–Crippen LogP) is 2.66. The summed E-state index contributed by atoms with van der Waals surface area (Å²) in [4.78, 5) is 0. The number of aromatic nitrogens is 2. The maximum Gasteiger partial charge on any atom is 0.0828 e. The fraction of sp³-hybridized carbons (Fsp3) is 0.727. The maximum atomic E-state index is 4.54. The first kappa shape index (κ1) is 9.56. The summed E-state index contributed by atoms with van der Waals surface area (Å²) in [6.07, 6.45) is 2.62. The van der Waals surface area contributed by atoms with Crippen LogP contribution < -0.4 is 5.32 Å². The van der Waals surface area contributed by atoms with E-state index in [0.717, 1.165) is 5.69 Å². The van der Waals surface area contributed by atoms with E-state index in [2.05, 4.69) is 42.8 Å². The second-order valence-corrected chi connectivity index (χ2v) is 4.50. The van der Waals surface area contributed by atoms with Crippen molar-refractivity contribution in [3.05, 3.63) is 11.4 Å². The van der Waals surface area contributed by atoms with Gasteiger partial charge in [0, 0.05) is 12.1 Å². The topological polar surface area (TPSA) is 29.9 Å². The standard InChI is InChI=1S/C11H19N3/c1-7(2)14-9(4)11(8(3)13-14)12-10-5-6-10/h7,10,12H,5-6H2,1-4H3. The van der Waals surface area contributed by atoms with E-state index < -0.39 is 0 Å². The molecular weight excluding hydrogens is 174 g/mol. The Hall–Kier alpha value is -0.990. The second-order valence-electron chi connectivity index (χ2n) is 4.50. The Morgan fingerprint density at radius 1 is 1.36 bits per heavy atom. The van der Waals surface area contributed by atoms with Crippen molar-refractivity contribution in [3.63, 3.8) is 0 Å². The molecule has 3 nitrogen and oxygen atoms in total. The molecule has 0 amide bonds. The number of hydrogen-bond donors (Lipinski definition) is 1. The van der Waals surface area contributed by atoms with Crippen molar-refractivity contribution in [2.24, 2.45) is 0 Å². The minimum atomic E-state index is 0.448. The molecule has 0 bridgehead atoms. The highest BCUT2D eigenvalue weighted by molar-refractivity contribution is 5.53. The lowest BCUT2D eigenvalue weighted by Crippen LogP contribution is -2.06. The van der Waals surface area contributed by atoms with Crippen LogP contribution in [0.25, 0.3) is 0 Å². The van der Waals surface area contributed by atoms with Crippen molar-refractivity contribution in [2.75, 3.05) is 5.32 Å². The van der Waals surface area contributed by atoms with Crippen LogP contribution >= 0.6 is 0 Å². The van der Waals surface area contributed by atoms with E-state index >= 15 is 0 Å². The average Bonchev–Trinajstić information content (AvgIpc) is 2.87. The Morgan fingerprint density at radius 2 is 2.00 bits per heavy atom. The van der Waals surface area contributed by atoms with Gasteiger partial charge in [0.1, 0.15) is 0 Å². The summed E-state index contributed by atoms with van der Waals surface area (Å²) in [5, 5.41) is 8.09. The summed E-state index contributed by atoms with van der Waals surface area (Å²) >= 11 is 0. The van der Waals surface area contributed by atoms with Crippen molar-refractivity contribution in [2.45, 2.75) is 52.6 Å². The molecule has 78 valence electrons. The van der Waals surface area contributed by atoms with Crippen LogP contribution in [0, 0.1) is 13.8 Å². The fourth-order valence-electron chi connectivity index (χ4n) is 1.81. The maximum absolute atomic E-state index is 4.54. The van der Waals surface area contributed by atoms with E-state index in [-0.39, 0.29) is 0 Å². The molecule has 3 heteroatoms. The van der Waals surface area contributed by atoms with E-state index in [4.69, 9.17) is 0 Å². The molecule has 0 atom stereocenters. The van der Waals surface area contributed by atoms with Crippen LogP contribution in [0.15, 0.2) is 0 Å². The van der Waals surface area contributed by atoms with Crippen molar-refractivity contribution in [1.82, 2.24) is 9.78 Å². The van der Waals surface area contributed by atoms with Gasteiger partial charge in [0.15, 0.2) is 0 Å². The minimum Gasteiger partial charge on any atom is -0.379 e. The molecule has 2 rings (SSSR count). The molecule has 1 aliphatic carbocycles. The van der Waals surface area contributed by atoms with Gasteiger partial charge in [-0.3, -0.25) is 4.68 Å². The molecular formula is C11H19N3. The Morgan fingerprint density at radius 3 is 2.43 bits per heavy atom. The van der Waals surface area contributed by atoms with Crippen LogP contribution in [-0.2, 0) is 0 Å². The van der Waals surface area contributed by atoms with E-state index in [1.807, 2.05) is 0 Å². The zero-order chi connectivity index (χ0) is 10.3. The molecule has 14 heavy (non-hydrogen) atoms. The molecule has 0 spiro atoms. The highest BCUT2D eigenvalue weighted by atomic mass is 15.3. The lowest BCUT2D eigenvalue weighted by Gasteiger charge is -2.09. The molecule has 1 heterocycles. The van der Waals surface area contributed by atoms with Gasteiger partial charge >= 0.3 is 0 Å². The van der Waals surface area contributed by atoms with E-state index in [9.17, 15) is 0 Å². The molecule has 0 aromatic carbocycles. The molecule has 0 unspecified atom stereocenters. The Kier molecular flexibility index (Phi) is 2.25. The Bertz CT molecular complexity index is 335. The molecule has 1 saturated carbocycles. The molecule has 0 aliphatic heterocycles. The van der Waals surface area contributed by atoms with Crippen LogP contribution in [0.1, 0.15) is 44.1 Å².